The van der Waals surface area contributed by atoms with Gasteiger partial charge in [-0.2, -0.15) is 0 Å². The Bertz CT molecular complexity index is 544. The molecule has 0 unspecified atom stereocenters. The molecule has 23 heavy (non-hydrogen) atoms. The van der Waals surface area contributed by atoms with Crippen molar-refractivity contribution < 1.29 is 15.3 Å². The van der Waals surface area contributed by atoms with Crippen molar-refractivity contribution in [3.05, 3.63) is 18.2 Å². The van der Waals surface area contributed by atoms with E-state index in [1.165, 1.54) is 0 Å². The Morgan fingerprint density at radius 3 is 2.74 bits per heavy atom. The summed E-state index contributed by atoms with van der Waals surface area (Å²) < 4.78 is 0. The van der Waals surface area contributed by atoms with Gasteiger partial charge in [0.1, 0.15) is 12.4 Å². The van der Waals surface area contributed by atoms with Crippen LogP contribution in [-0.2, 0) is 0 Å². The maximum Gasteiger partial charge on any atom is 0.115 e. The number of piperidine rings is 1. The Labute approximate surface area is 136 Å². The molecule has 0 saturated carbocycles. The molecule has 0 bridgehead atoms. The highest BCUT2D eigenvalue weighted by molar-refractivity contribution is 5.48. The third-order valence-electron chi connectivity index (χ3n) is 5.24. The van der Waals surface area contributed by atoms with E-state index in [9.17, 15) is 15.3 Å². The zero-order chi connectivity index (χ0) is 16.6. The van der Waals surface area contributed by atoms with E-state index in [1.807, 2.05) is 20.0 Å². The summed E-state index contributed by atoms with van der Waals surface area (Å²) in [6, 6.07) is -0.149. The first-order valence-electron chi connectivity index (χ1n) is 8.27. The van der Waals surface area contributed by atoms with Gasteiger partial charge in [-0.1, -0.05) is 0 Å². The molecule has 0 aromatic carbocycles. The van der Waals surface area contributed by atoms with Gasteiger partial charge in [-0.15, -0.1) is 0 Å². The van der Waals surface area contributed by atoms with Gasteiger partial charge < -0.3 is 20.2 Å². The Balaban J connectivity index is 1.61. The number of hydrogen-bond acceptors (Lipinski definition) is 7. The maximum atomic E-state index is 10.0. The lowest BCUT2D eigenvalue weighted by Crippen LogP contribution is -2.60. The van der Waals surface area contributed by atoms with E-state index in [0.29, 0.717) is 12.5 Å². The molecule has 0 amide bonds. The van der Waals surface area contributed by atoms with Gasteiger partial charge in [0.05, 0.1) is 29.8 Å². The first kappa shape index (κ1) is 16.6. The van der Waals surface area contributed by atoms with Crippen LogP contribution in [0.4, 0.5) is 5.69 Å². The SMILES string of the molecule is Cc1ncncc1N1CC[C@@H](CN2C[C@H](O)[C@@H](O)[C@H](O)[C@H]2C)C1. The molecular formula is C16H26N4O3. The van der Waals surface area contributed by atoms with Gasteiger partial charge in [-0.05, 0) is 26.2 Å². The quantitative estimate of drug-likeness (QED) is 0.684. The van der Waals surface area contributed by atoms with Crippen molar-refractivity contribution in [3.8, 4) is 0 Å². The number of aliphatic hydroxyl groups is 3. The van der Waals surface area contributed by atoms with E-state index in [-0.39, 0.29) is 6.04 Å². The molecule has 2 saturated heterocycles. The predicted octanol–water partition coefficient (Wildman–Crippen LogP) is -0.602. The number of likely N-dealkylation sites (tertiary alicyclic amines) is 1. The zero-order valence-electron chi connectivity index (χ0n) is 13.7. The van der Waals surface area contributed by atoms with Crippen molar-refractivity contribution in [1.29, 1.82) is 0 Å². The second kappa shape index (κ2) is 6.68. The molecule has 5 atom stereocenters. The maximum absolute atomic E-state index is 10.0. The molecule has 7 nitrogen and oxygen atoms in total. The molecule has 0 radical (unpaired) electrons. The van der Waals surface area contributed by atoms with E-state index in [2.05, 4.69) is 19.8 Å². The normalized spacial score (nSPS) is 35.7. The summed E-state index contributed by atoms with van der Waals surface area (Å²) in [5.41, 5.74) is 2.07. The monoisotopic (exact) mass is 322 g/mol. The highest BCUT2D eigenvalue weighted by Crippen LogP contribution is 2.27. The number of rotatable bonds is 3. The van der Waals surface area contributed by atoms with Gasteiger partial charge >= 0.3 is 0 Å². The van der Waals surface area contributed by atoms with Gasteiger partial charge in [-0.25, -0.2) is 9.97 Å². The van der Waals surface area contributed by atoms with Crippen LogP contribution >= 0.6 is 0 Å². The van der Waals surface area contributed by atoms with E-state index >= 15 is 0 Å². The van der Waals surface area contributed by atoms with Crippen LogP contribution in [-0.4, -0.2) is 80.7 Å². The van der Waals surface area contributed by atoms with Crippen LogP contribution < -0.4 is 4.90 Å². The molecule has 1 aromatic heterocycles. The number of aliphatic hydroxyl groups excluding tert-OH is 3. The third kappa shape index (κ3) is 3.33. The van der Waals surface area contributed by atoms with E-state index in [0.717, 1.165) is 37.4 Å². The van der Waals surface area contributed by atoms with Crippen LogP contribution in [0.2, 0.25) is 0 Å². The summed E-state index contributed by atoms with van der Waals surface area (Å²) >= 11 is 0. The fourth-order valence-electron chi connectivity index (χ4n) is 3.71. The molecule has 2 aliphatic heterocycles. The number of aryl methyl sites for hydroxylation is 1. The Morgan fingerprint density at radius 2 is 2.00 bits per heavy atom. The molecule has 3 heterocycles. The summed E-state index contributed by atoms with van der Waals surface area (Å²) in [7, 11) is 0. The van der Waals surface area contributed by atoms with Gasteiger partial charge in [-0.3, -0.25) is 4.90 Å². The van der Waals surface area contributed by atoms with Gasteiger partial charge in [0.15, 0.2) is 0 Å². The molecule has 2 fully saturated rings. The number of β-amino-alcohol motifs (C(OH)–C–C–N with tert-alkyl or cyclic N) is 1. The van der Waals surface area contributed by atoms with Crippen LogP contribution in [0.25, 0.3) is 0 Å². The fraction of sp³-hybridized carbons (Fsp3) is 0.750. The van der Waals surface area contributed by atoms with Crippen LogP contribution in [0.15, 0.2) is 12.5 Å². The van der Waals surface area contributed by atoms with Crippen molar-refractivity contribution in [2.45, 2.75) is 44.6 Å². The average Bonchev–Trinajstić information content (AvgIpc) is 2.99. The van der Waals surface area contributed by atoms with E-state index < -0.39 is 18.3 Å². The summed E-state index contributed by atoms with van der Waals surface area (Å²) in [6.07, 6.45) is 1.65. The lowest BCUT2D eigenvalue weighted by atomic mass is 9.93. The van der Waals surface area contributed by atoms with E-state index in [1.54, 1.807) is 6.33 Å². The van der Waals surface area contributed by atoms with Crippen LogP contribution in [0, 0.1) is 12.8 Å². The van der Waals surface area contributed by atoms with Crippen molar-refractivity contribution in [3.63, 3.8) is 0 Å². The van der Waals surface area contributed by atoms with Crippen molar-refractivity contribution in [2.75, 3.05) is 31.1 Å². The largest absolute Gasteiger partial charge is 0.389 e. The Morgan fingerprint density at radius 1 is 1.22 bits per heavy atom. The van der Waals surface area contributed by atoms with Crippen molar-refractivity contribution >= 4 is 5.69 Å². The number of nitrogens with zero attached hydrogens (tertiary/aromatic N) is 4. The lowest BCUT2D eigenvalue weighted by molar-refractivity contribution is -0.134. The van der Waals surface area contributed by atoms with Crippen LogP contribution in [0.3, 0.4) is 0 Å². The van der Waals surface area contributed by atoms with Crippen molar-refractivity contribution in [1.82, 2.24) is 14.9 Å². The highest BCUT2D eigenvalue weighted by Gasteiger charge is 2.40. The Kier molecular flexibility index (Phi) is 4.82. The molecular weight excluding hydrogens is 296 g/mol. The topological polar surface area (TPSA) is 93.0 Å². The van der Waals surface area contributed by atoms with Crippen LogP contribution in [0.1, 0.15) is 19.0 Å². The summed E-state index contributed by atoms with van der Waals surface area (Å²) in [5.74, 6) is 0.465. The van der Waals surface area contributed by atoms with Gasteiger partial charge in [0.25, 0.3) is 0 Å². The van der Waals surface area contributed by atoms with Crippen molar-refractivity contribution in [2.24, 2.45) is 5.92 Å². The molecule has 0 spiro atoms. The molecule has 3 N–H and O–H groups in total. The summed E-state index contributed by atoms with van der Waals surface area (Å²) in [6.45, 7) is 7.00. The second-order valence-corrected chi connectivity index (χ2v) is 6.84. The smallest absolute Gasteiger partial charge is 0.115 e. The number of aromatic nitrogens is 2. The van der Waals surface area contributed by atoms with Gasteiger partial charge in [0, 0.05) is 32.2 Å². The highest BCUT2D eigenvalue weighted by atomic mass is 16.4. The average molecular weight is 322 g/mol. The molecule has 2 aliphatic rings. The molecule has 1 aromatic rings. The molecule has 7 heteroatoms. The summed E-state index contributed by atoms with van der Waals surface area (Å²) in [5, 5.41) is 29.7. The predicted molar refractivity (Wildman–Crippen MR) is 86.1 cm³/mol. The minimum Gasteiger partial charge on any atom is -0.389 e. The third-order valence-corrected chi connectivity index (χ3v) is 5.24. The standard InChI is InChI=1S/C16H26N4O3/c1-10-13(5-17-9-18-10)19-4-3-12(6-19)7-20-8-14(21)16(23)15(22)11(20)2/h5,9,11-12,14-16,21-23H,3-4,6-8H2,1-2H3/t11-,12-,14+,15-,16-/m1/s1. The zero-order valence-corrected chi connectivity index (χ0v) is 13.7. The second-order valence-electron chi connectivity index (χ2n) is 6.84. The first-order chi connectivity index (χ1) is 11.0. The molecule has 128 valence electrons. The van der Waals surface area contributed by atoms with Crippen LogP contribution in [0.5, 0.6) is 0 Å². The molecule has 0 aliphatic carbocycles. The minimum absolute atomic E-state index is 0.149. The minimum atomic E-state index is -1.05. The number of anilines is 1. The molecule has 3 rings (SSSR count). The van der Waals surface area contributed by atoms with E-state index in [4.69, 9.17) is 0 Å². The summed E-state index contributed by atoms with van der Waals surface area (Å²) in [4.78, 5) is 12.8. The fourth-order valence-corrected chi connectivity index (χ4v) is 3.71. The Hall–Kier alpha value is -1.28. The van der Waals surface area contributed by atoms with Gasteiger partial charge in [0.2, 0.25) is 0 Å². The number of hydrogen-bond donors (Lipinski definition) is 3. The lowest BCUT2D eigenvalue weighted by Gasteiger charge is -2.43. The first-order valence-corrected chi connectivity index (χ1v) is 8.27.